The number of methoxy groups -OCH3 is 2. The number of hydrogen-bond acceptors (Lipinski definition) is 4. The van der Waals surface area contributed by atoms with Crippen molar-refractivity contribution in [3.63, 3.8) is 0 Å². The first-order chi connectivity index (χ1) is 9.62. The average molecular weight is 278 g/mol. The zero-order valence-corrected chi connectivity index (χ0v) is 12.3. The molecule has 0 saturated carbocycles. The van der Waals surface area contributed by atoms with Crippen LogP contribution in [0, 0.1) is 0 Å². The van der Waals surface area contributed by atoms with Crippen LogP contribution < -0.4 is 14.8 Å². The van der Waals surface area contributed by atoms with E-state index in [-0.39, 0.29) is 11.9 Å². The molecule has 110 valence electrons. The first-order valence-electron chi connectivity index (χ1n) is 6.85. The van der Waals surface area contributed by atoms with Crippen molar-refractivity contribution in [3.05, 3.63) is 23.8 Å². The van der Waals surface area contributed by atoms with Gasteiger partial charge in [-0.1, -0.05) is 0 Å². The van der Waals surface area contributed by atoms with Crippen LogP contribution in [0.5, 0.6) is 11.5 Å². The van der Waals surface area contributed by atoms with E-state index in [2.05, 4.69) is 17.3 Å². The summed E-state index contributed by atoms with van der Waals surface area (Å²) in [5.74, 6) is 1.16. The smallest absolute Gasteiger partial charge is 0.251 e. The number of carbonyl (C=O) groups is 1. The molecule has 5 nitrogen and oxygen atoms in total. The maximum atomic E-state index is 12.3. The number of hydrogen-bond donors (Lipinski definition) is 1. The minimum atomic E-state index is -0.0810. The molecule has 1 aliphatic heterocycles. The fourth-order valence-corrected chi connectivity index (χ4v) is 2.49. The summed E-state index contributed by atoms with van der Waals surface area (Å²) < 4.78 is 10.4. The fourth-order valence-electron chi connectivity index (χ4n) is 2.49. The summed E-state index contributed by atoms with van der Waals surface area (Å²) in [5, 5.41) is 3.08. The maximum Gasteiger partial charge on any atom is 0.251 e. The van der Waals surface area contributed by atoms with Crippen molar-refractivity contribution in [1.82, 2.24) is 10.2 Å². The highest BCUT2D eigenvalue weighted by atomic mass is 16.5. The topological polar surface area (TPSA) is 50.8 Å². The van der Waals surface area contributed by atoms with Gasteiger partial charge in [-0.3, -0.25) is 4.79 Å². The van der Waals surface area contributed by atoms with Gasteiger partial charge in [-0.05, 0) is 38.6 Å². The third-order valence-electron chi connectivity index (χ3n) is 3.57. The molecule has 1 heterocycles. The van der Waals surface area contributed by atoms with Gasteiger partial charge < -0.3 is 19.7 Å². The van der Waals surface area contributed by atoms with Crippen molar-refractivity contribution < 1.29 is 14.3 Å². The predicted molar refractivity (Wildman–Crippen MR) is 77.5 cm³/mol. The summed E-state index contributed by atoms with van der Waals surface area (Å²) >= 11 is 0. The second kappa shape index (κ2) is 6.61. The molecule has 5 heteroatoms. The molecule has 0 radical (unpaired) electrons. The lowest BCUT2D eigenvalue weighted by Gasteiger charge is -2.30. The number of benzene rings is 1. The van der Waals surface area contributed by atoms with Crippen molar-refractivity contribution in [2.75, 3.05) is 34.4 Å². The standard InChI is InChI=1S/C15H22N2O3/c1-17-6-4-5-12(10-17)16-15(18)11-7-13(19-2)9-14(8-11)20-3/h7-9,12H,4-6,10H2,1-3H3,(H,16,18)/t12-/m1/s1. The van der Waals surface area contributed by atoms with Crippen LogP contribution in [0.3, 0.4) is 0 Å². The minimum Gasteiger partial charge on any atom is -0.497 e. The maximum absolute atomic E-state index is 12.3. The Bertz CT molecular complexity index is 454. The third kappa shape index (κ3) is 3.63. The number of ether oxygens (including phenoxy) is 2. The molecule has 20 heavy (non-hydrogen) atoms. The zero-order valence-electron chi connectivity index (χ0n) is 12.3. The van der Waals surface area contributed by atoms with E-state index >= 15 is 0 Å². The van der Waals surface area contributed by atoms with Gasteiger partial charge >= 0.3 is 0 Å². The molecule has 1 aliphatic rings. The van der Waals surface area contributed by atoms with Crippen molar-refractivity contribution in [2.24, 2.45) is 0 Å². The average Bonchev–Trinajstić information content (AvgIpc) is 2.46. The van der Waals surface area contributed by atoms with Crippen molar-refractivity contribution in [3.8, 4) is 11.5 Å². The summed E-state index contributed by atoms with van der Waals surface area (Å²) in [6.45, 7) is 1.99. The van der Waals surface area contributed by atoms with E-state index in [0.29, 0.717) is 17.1 Å². The second-order valence-electron chi connectivity index (χ2n) is 5.18. The summed E-state index contributed by atoms with van der Waals surface area (Å²) in [5.41, 5.74) is 0.564. The predicted octanol–water partition coefficient (Wildman–Crippen LogP) is 1.53. The van der Waals surface area contributed by atoms with Gasteiger partial charge in [0.25, 0.3) is 5.91 Å². The monoisotopic (exact) mass is 278 g/mol. The molecule has 0 unspecified atom stereocenters. The molecular weight excluding hydrogens is 256 g/mol. The van der Waals surface area contributed by atoms with E-state index in [1.807, 2.05) is 0 Å². The van der Waals surface area contributed by atoms with Gasteiger partial charge in [0, 0.05) is 24.2 Å². The van der Waals surface area contributed by atoms with Gasteiger partial charge in [0.1, 0.15) is 11.5 Å². The van der Waals surface area contributed by atoms with Gasteiger partial charge in [-0.2, -0.15) is 0 Å². The molecule has 1 aromatic carbocycles. The third-order valence-corrected chi connectivity index (χ3v) is 3.57. The van der Waals surface area contributed by atoms with Crippen molar-refractivity contribution in [2.45, 2.75) is 18.9 Å². The Morgan fingerprint density at radius 2 is 1.90 bits per heavy atom. The molecule has 0 aliphatic carbocycles. The molecule has 1 aromatic rings. The van der Waals surface area contributed by atoms with E-state index in [4.69, 9.17) is 9.47 Å². The number of likely N-dealkylation sites (N-methyl/N-ethyl adjacent to an activating group) is 1. The lowest BCUT2D eigenvalue weighted by molar-refractivity contribution is 0.0912. The summed E-state index contributed by atoms with van der Waals surface area (Å²) in [6.07, 6.45) is 2.14. The van der Waals surface area contributed by atoms with Gasteiger partial charge in [0.15, 0.2) is 0 Å². The SMILES string of the molecule is COc1cc(OC)cc(C(=O)N[C@@H]2CCCN(C)C2)c1. The highest BCUT2D eigenvalue weighted by molar-refractivity contribution is 5.95. The van der Waals surface area contributed by atoms with E-state index in [1.165, 1.54) is 0 Å². The molecular formula is C15H22N2O3. The summed E-state index contributed by atoms with van der Waals surface area (Å²) in [6, 6.07) is 5.42. The Balaban J connectivity index is 2.08. The Morgan fingerprint density at radius 3 is 2.45 bits per heavy atom. The van der Waals surface area contributed by atoms with Crippen LogP contribution in [0.2, 0.25) is 0 Å². The summed E-state index contributed by atoms with van der Waals surface area (Å²) in [7, 11) is 5.23. The van der Waals surface area contributed by atoms with Gasteiger partial charge in [0.05, 0.1) is 14.2 Å². The van der Waals surface area contributed by atoms with Crippen LogP contribution in [-0.4, -0.2) is 51.2 Å². The van der Waals surface area contributed by atoms with E-state index in [9.17, 15) is 4.79 Å². The lowest BCUT2D eigenvalue weighted by Crippen LogP contribution is -2.46. The molecule has 1 N–H and O–H groups in total. The number of rotatable bonds is 4. The van der Waals surface area contributed by atoms with Crippen molar-refractivity contribution in [1.29, 1.82) is 0 Å². The Hall–Kier alpha value is -1.75. The van der Waals surface area contributed by atoms with Gasteiger partial charge in [-0.25, -0.2) is 0 Å². The Kier molecular flexibility index (Phi) is 4.84. The molecule has 1 saturated heterocycles. The van der Waals surface area contributed by atoms with Crippen LogP contribution in [-0.2, 0) is 0 Å². The van der Waals surface area contributed by atoms with Gasteiger partial charge in [0.2, 0.25) is 0 Å². The molecule has 0 bridgehead atoms. The molecule has 1 amide bonds. The lowest BCUT2D eigenvalue weighted by atomic mass is 10.1. The Morgan fingerprint density at radius 1 is 1.25 bits per heavy atom. The molecule has 1 fully saturated rings. The van der Waals surface area contributed by atoms with E-state index in [0.717, 1.165) is 25.9 Å². The minimum absolute atomic E-state index is 0.0810. The van der Waals surface area contributed by atoms with Crippen LogP contribution in [0.4, 0.5) is 0 Å². The highest BCUT2D eigenvalue weighted by Gasteiger charge is 2.20. The zero-order chi connectivity index (χ0) is 14.5. The van der Waals surface area contributed by atoms with Gasteiger partial charge in [-0.15, -0.1) is 0 Å². The second-order valence-corrected chi connectivity index (χ2v) is 5.18. The molecule has 1 atom stereocenters. The van der Waals surface area contributed by atoms with Crippen LogP contribution >= 0.6 is 0 Å². The Labute approximate surface area is 119 Å². The van der Waals surface area contributed by atoms with Crippen LogP contribution in [0.1, 0.15) is 23.2 Å². The number of nitrogens with zero attached hydrogens (tertiary/aromatic N) is 1. The van der Waals surface area contributed by atoms with E-state index < -0.39 is 0 Å². The quantitative estimate of drug-likeness (QED) is 0.907. The first-order valence-corrected chi connectivity index (χ1v) is 6.85. The number of likely N-dealkylation sites (tertiary alicyclic amines) is 1. The molecule has 2 rings (SSSR count). The highest BCUT2D eigenvalue weighted by Crippen LogP contribution is 2.22. The number of carbonyl (C=O) groups excluding carboxylic acids is 1. The summed E-state index contributed by atoms with van der Waals surface area (Å²) in [4.78, 5) is 14.6. The number of piperidine rings is 1. The molecule has 0 aromatic heterocycles. The van der Waals surface area contributed by atoms with E-state index in [1.54, 1.807) is 32.4 Å². The van der Waals surface area contributed by atoms with Crippen molar-refractivity contribution >= 4 is 5.91 Å². The van der Waals surface area contributed by atoms with Crippen LogP contribution in [0.15, 0.2) is 18.2 Å². The first kappa shape index (κ1) is 14.7. The number of nitrogens with one attached hydrogen (secondary N) is 1. The molecule has 0 spiro atoms. The van der Waals surface area contributed by atoms with Crippen LogP contribution in [0.25, 0.3) is 0 Å². The number of amides is 1. The largest absolute Gasteiger partial charge is 0.497 e. The fraction of sp³-hybridized carbons (Fsp3) is 0.533. The normalized spacial score (nSPS) is 19.4.